The molecule has 0 bridgehead atoms. The van der Waals surface area contributed by atoms with Gasteiger partial charge in [-0.2, -0.15) is 0 Å². The molecule has 0 nitrogen and oxygen atoms in total. The molecule has 0 aliphatic heterocycles. The van der Waals surface area contributed by atoms with Gasteiger partial charge in [0, 0.05) is 13.8 Å². The monoisotopic (exact) mass is 450 g/mol. The van der Waals surface area contributed by atoms with E-state index < -0.39 is 0 Å². The Balaban J connectivity index is 2.33. The van der Waals surface area contributed by atoms with Crippen LogP contribution in [0.5, 0.6) is 0 Å². The maximum Gasteiger partial charge on any atom is 0.0440 e. The molecule has 1 aromatic carbocycles. The van der Waals surface area contributed by atoms with E-state index in [1.54, 1.807) is 0 Å². The molecule has 1 aliphatic rings. The van der Waals surface area contributed by atoms with E-state index in [0.29, 0.717) is 16.2 Å². The Bertz CT molecular complexity index is 465. The van der Waals surface area contributed by atoms with Crippen LogP contribution in [0.3, 0.4) is 0 Å². The van der Waals surface area contributed by atoms with Crippen molar-refractivity contribution in [2.75, 3.05) is 0 Å². The average molecular weight is 453 g/mol. The van der Waals surface area contributed by atoms with Crippen molar-refractivity contribution in [3.05, 3.63) is 32.2 Å². The predicted octanol–water partition coefficient (Wildman–Crippen LogP) is 7.17. The molecule has 0 spiro atoms. The van der Waals surface area contributed by atoms with Crippen molar-refractivity contribution in [1.29, 1.82) is 0 Å². The fourth-order valence-corrected chi connectivity index (χ4v) is 5.88. The lowest BCUT2D eigenvalue weighted by molar-refractivity contribution is 0.136. The number of rotatable bonds is 2. The van der Waals surface area contributed by atoms with Gasteiger partial charge in [0.25, 0.3) is 0 Å². The summed E-state index contributed by atoms with van der Waals surface area (Å²) in [5.74, 6) is 0.701. The Morgan fingerprint density at radius 1 is 1.16 bits per heavy atom. The number of alkyl halides is 1. The van der Waals surface area contributed by atoms with Crippen LogP contribution in [-0.2, 0) is 0 Å². The second-order valence-electron chi connectivity index (χ2n) is 6.37. The molecule has 0 N–H and O–H groups in total. The van der Waals surface area contributed by atoms with Gasteiger partial charge < -0.3 is 0 Å². The van der Waals surface area contributed by atoms with Gasteiger partial charge in [0.05, 0.1) is 0 Å². The van der Waals surface area contributed by atoms with E-state index in [1.807, 2.05) is 0 Å². The van der Waals surface area contributed by atoms with Crippen molar-refractivity contribution in [3.63, 3.8) is 0 Å². The van der Waals surface area contributed by atoms with Crippen LogP contribution in [0.4, 0.5) is 0 Å². The summed E-state index contributed by atoms with van der Waals surface area (Å²) >= 11 is 11.4. The first-order valence-electron chi connectivity index (χ1n) is 6.92. The van der Waals surface area contributed by atoms with E-state index in [2.05, 4.69) is 80.7 Å². The number of hydrogen-bond acceptors (Lipinski definition) is 0. The van der Waals surface area contributed by atoms with Gasteiger partial charge in [-0.05, 0) is 54.4 Å². The molecule has 2 rings (SSSR count). The normalized spacial score (nSPS) is 24.2. The maximum absolute atomic E-state index is 3.98. The summed E-state index contributed by atoms with van der Waals surface area (Å²) < 4.78 is 2.42. The van der Waals surface area contributed by atoms with Crippen LogP contribution in [0.1, 0.15) is 55.5 Å². The number of hydrogen-bond donors (Lipinski definition) is 0. The van der Waals surface area contributed by atoms with Crippen molar-refractivity contribution in [2.45, 2.75) is 51.3 Å². The molecule has 2 atom stereocenters. The minimum absolute atomic E-state index is 0.420. The molecule has 2 unspecified atom stereocenters. The van der Waals surface area contributed by atoms with Crippen molar-refractivity contribution < 1.29 is 0 Å². The maximum atomic E-state index is 3.98. The summed E-state index contributed by atoms with van der Waals surface area (Å²) in [5.41, 5.74) is 3.07. The van der Waals surface area contributed by atoms with Crippen LogP contribution in [0.15, 0.2) is 21.1 Å². The highest BCUT2D eigenvalue weighted by molar-refractivity contribution is 9.11. The minimum atomic E-state index is 0.420. The number of halogens is 3. The number of benzene rings is 1. The smallest absolute Gasteiger partial charge is 0.0440 e. The summed E-state index contributed by atoms with van der Waals surface area (Å²) in [6.45, 7) is 6.97. The summed E-state index contributed by atoms with van der Waals surface area (Å²) in [5, 5.41) is 0. The Kier molecular flexibility index (Phi) is 5.23. The number of aryl methyl sites for hydroxylation is 1. The van der Waals surface area contributed by atoms with E-state index in [1.165, 1.54) is 45.8 Å². The Hall–Kier alpha value is 0.660. The second kappa shape index (κ2) is 6.19. The van der Waals surface area contributed by atoms with Crippen LogP contribution < -0.4 is 0 Å². The molecule has 1 fully saturated rings. The fraction of sp³-hybridized carbons (Fsp3) is 0.625. The van der Waals surface area contributed by atoms with Crippen LogP contribution in [-0.4, -0.2) is 0 Å². The zero-order valence-electron chi connectivity index (χ0n) is 11.8. The van der Waals surface area contributed by atoms with Crippen molar-refractivity contribution in [3.8, 4) is 0 Å². The summed E-state index contributed by atoms with van der Waals surface area (Å²) in [6.07, 6.45) is 5.40. The Morgan fingerprint density at radius 2 is 1.84 bits per heavy atom. The molecule has 0 amide bonds. The molecular weight excluding hydrogens is 432 g/mol. The van der Waals surface area contributed by atoms with E-state index in [0.717, 1.165) is 0 Å². The molecule has 0 heterocycles. The van der Waals surface area contributed by atoms with Crippen LogP contribution in [0, 0.1) is 18.3 Å². The molecule has 19 heavy (non-hydrogen) atoms. The fourth-order valence-electron chi connectivity index (χ4n) is 3.15. The van der Waals surface area contributed by atoms with Gasteiger partial charge >= 0.3 is 0 Å². The highest BCUT2D eigenvalue weighted by atomic mass is 79.9. The molecule has 0 radical (unpaired) electrons. The molecule has 3 heteroatoms. The largest absolute Gasteiger partial charge is 0.0835 e. The van der Waals surface area contributed by atoms with Crippen molar-refractivity contribution >= 4 is 47.8 Å². The predicted molar refractivity (Wildman–Crippen MR) is 94.0 cm³/mol. The van der Waals surface area contributed by atoms with Crippen LogP contribution >= 0.6 is 47.8 Å². The third-order valence-corrected chi connectivity index (χ3v) is 7.19. The quantitative estimate of drug-likeness (QED) is 0.417. The summed E-state index contributed by atoms with van der Waals surface area (Å²) in [6, 6.07) is 4.48. The Morgan fingerprint density at radius 3 is 2.47 bits per heavy atom. The van der Waals surface area contributed by atoms with Gasteiger partial charge in [0.15, 0.2) is 0 Å². The highest BCUT2D eigenvalue weighted by Crippen LogP contribution is 2.51. The zero-order valence-corrected chi connectivity index (χ0v) is 16.5. The van der Waals surface area contributed by atoms with Gasteiger partial charge in [-0.1, -0.05) is 74.5 Å². The van der Waals surface area contributed by atoms with Gasteiger partial charge in [-0.15, -0.1) is 0 Å². The first-order valence-corrected chi connectivity index (χ1v) is 9.43. The third kappa shape index (κ3) is 3.47. The molecule has 1 aliphatic carbocycles. The molecule has 0 aromatic heterocycles. The van der Waals surface area contributed by atoms with Crippen molar-refractivity contribution in [2.24, 2.45) is 11.3 Å². The molecular formula is C16H21Br3. The van der Waals surface area contributed by atoms with Gasteiger partial charge in [-0.3, -0.25) is 0 Å². The average Bonchev–Trinajstić information content (AvgIpc) is 2.32. The summed E-state index contributed by atoms with van der Waals surface area (Å²) in [4.78, 5) is 0.425. The minimum Gasteiger partial charge on any atom is -0.0835 e. The summed E-state index contributed by atoms with van der Waals surface area (Å²) in [7, 11) is 0. The lowest BCUT2D eigenvalue weighted by Crippen LogP contribution is -2.30. The second-order valence-corrected chi connectivity index (χ2v) is 9.06. The van der Waals surface area contributed by atoms with E-state index in [9.17, 15) is 0 Å². The van der Waals surface area contributed by atoms with Gasteiger partial charge in [0.1, 0.15) is 0 Å². The molecule has 106 valence electrons. The lowest BCUT2D eigenvalue weighted by atomic mass is 9.67. The first kappa shape index (κ1) is 16.0. The highest BCUT2D eigenvalue weighted by Gasteiger charge is 2.37. The van der Waals surface area contributed by atoms with Crippen LogP contribution in [0.2, 0.25) is 0 Å². The van der Waals surface area contributed by atoms with E-state index in [-0.39, 0.29) is 0 Å². The van der Waals surface area contributed by atoms with Gasteiger partial charge in [-0.25, -0.2) is 0 Å². The van der Waals surface area contributed by atoms with Gasteiger partial charge in [0.2, 0.25) is 0 Å². The Labute approximate surface area is 142 Å². The van der Waals surface area contributed by atoms with Crippen molar-refractivity contribution in [1.82, 2.24) is 0 Å². The SMILES string of the molecule is Cc1cc(Br)c(C(Br)C2CCCCC2(C)C)cc1Br. The molecule has 1 saturated carbocycles. The van der Waals surface area contributed by atoms with E-state index in [4.69, 9.17) is 0 Å². The third-order valence-electron chi connectivity index (χ3n) is 4.52. The standard InChI is InChI=1S/C16H21Br3/c1-10-8-14(18)11(9-13(10)17)15(19)12-6-4-5-7-16(12,2)3/h8-9,12,15H,4-7H2,1-3H3. The molecule has 0 saturated heterocycles. The van der Waals surface area contributed by atoms with Crippen LogP contribution in [0.25, 0.3) is 0 Å². The lowest BCUT2D eigenvalue weighted by Gasteiger charge is -2.41. The zero-order chi connectivity index (χ0) is 14.2. The van der Waals surface area contributed by atoms with E-state index >= 15 is 0 Å². The topological polar surface area (TPSA) is 0 Å². The molecule has 1 aromatic rings. The first-order chi connectivity index (χ1) is 8.83.